The molecule has 0 aliphatic carbocycles. The van der Waals surface area contributed by atoms with E-state index in [0.717, 1.165) is 36.6 Å². The highest BCUT2D eigenvalue weighted by Gasteiger charge is 2.17. The van der Waals surface area contributed by atoms with Crippen molar-refractivity contribution in [3.8, 4) is 11.5 Å². The molecule has 104 valence electrons. The first-order valence-corrected chi connectivity index (χ1v) is 6.44. The molecule has 0 spiro atoms. The Kier molecular flexibility index (Phi) is 4.63. The molecular formula is C14H20N2O3. The smallest absolute Gasteiger partial charge is 0.236 e. The van der Waals surface area contributed by atoms with Crippen molar-refractivity contribution in [2.75, 3.05) is 40.4 Å². The van der Waals surface area contributed by atoms with E-state index in [1.54, 1.807) is 14.2 Å². The van der Waals surface area contributed by atoms with Crippen molar-refractivity contribution in [1.29, 1.82) is 0 Å². The van der Waals surface area contributed by atoms with Crippen LogP contribution in [0.1, 0.15) is 5.56 Å². The molecule has 1 aromatic rings. The van der Waals surface area contributed by atoms with Crippen molar-refractivity contribution in [3.63, 3.8) is 0 Å². The summed E-state index contributed by atoms with van der Waals surface area (Å²) in [5, 5.41) is 3.07. The van der Waals surface area contributed by atoms with Crippen molar-refractivity contribution < 1.29 is 14.3 Å². The number of amides is 1. The van der Waals surface area contributed by atoms with E-state index in [1.807, 2.05) is 23.1 Å². The molecule has 0 radical (unpaired) electrons. The third-order valence-corrected chi connectivity index (χ3v) is 3.33. The molecule has 1 heterocycles. The number of piperazine rings is 1. The van der Waals surface area contributed by atoms with Gasteiger partial charge in [-0.2, -0.15) is 0 Å². The quantitative estimate of drug-likeness (QED) is 0.849. The summed E-state index contributed by atoms with van der Waals surface area (Å²) in [5.41, 5.74) is 1.06. The number of carbonyl (C=O) groups is 1. The summed E-state index contributed by atoms with van der Waals surface area (Å²) in [6, 6.07) is 5.73. The lowest BCUT2D eigenvalue weighted by Crippen LogP contribution is -2.48. The molecule has 19 heavy (non-hydrogen) atoms. The molecule has 0 saturated carbocycles. The number of rotatable bonds is 5. The summed E-state index contributed by atoms with van der Waals surface area (Å²) < 4.78 is 10.6. The van der Waals surface area contributed by atoms with Crippen LogP contribution in [0.25, 0.3) is 0 Å². The third kappa shape index (κ3) is 3.38. The van der Waals surface area contributed by atoms with Gasteiger partial charge in [0.25, 0.3) is 0 Å². The first kappa shape index (κ1) is 13.7. The predicted octanol–water partition coefficient (Wildman–Crippen LogP) is 0.678. The summed E-state index contributed by atoms with van der Waals surface area (Å²) >= 11 is 0. The molecule has 0 bridgehead atoms. The molecule has 0 unspecified atom stereocenters. The van der Waals surface area contributed by atoms with E-state index in [-0.39, 0.29) is 5.91 Å². The van der Waals surface area contributed by atoms with Crippen molar-refractivity contribution in [1.82, 2.24) is 10.2 Å². The molecule has 5 nitrogen and oxygen atoms in total. The van der Waals surface area contributed by atoms with Crippen LogP contribution >= 0.6 is 0 Å². The van der Waals surface area contributed by atoms with Crippen molar-refractivity contribution >= 4 is 5.91 Å². The number of hydrogen-bond donors (Lipinski definition) is 1. The lowest BCUT2D eigenvalue weighted by atomic mass is 10.1. The first-order chi connectivity index (χ1) is 9.24. The average Bonchev–Trinajstić information content (AvgIpc) is 2.46. The average molecular weight is 264 g/mol. The van der Waals surface area contributed by atoms with Gasteiger partial charge in [0.05, 0.1) is 20.8 Å². The number of methoxy groups -OCH3 is 2. The Labute approximate surface area is 113 Å². The second-order valence-corrected chi connectivity index (χ2v) is 4.49. The summed E-state index contributed by atoms with van der Waals surface area (Å²) in [4.78, 5) is 13.6. The van der Waals surface area contributed by atoms with Crippen molar-refractivity contribution in [3.05, 3.63) is 23.8 Å². The van der Waals surface area contributed by atoms with E-state index < -0.39 is 0 Å². The largest absolute Gasteiger partial charge is 0.497 e. The minimum Gasteiger partial charge on any atom is -0.497 e. The summed E-state index contributed by atoms with van der Waals surface area (Å²) in [7, 11) is 3.30. The summed E-state index contributed by atoms with van der Waals surface area (Å²) in [6.45, 7) is 2.78. The Hall–Kier alpha value is -1.75. The zero-order valence-corrected chi connectivity index (χ0v) is 11.4. The van der Waals surface area contributed by atoms with Crippen molar-refractivity contribution in [2.24, 2.45) is 0 Å². The monoisotopic (exact) mass is 264 g/mol. The van der Waals surface area contributed by atoms with Gasteiger partial charge in [0.15, 0.2) is 0 Å². The highest BCUT2D eigenvalue weighted by Crippen LogP contribution is 2.24. The van der Waals surface area contributed by atoms with Crippen LogP contribution in [0, 0.1) is 0 Å². The van der Waals surface area contributed by atoms with Gasteiger partial charge in [0, 0.05) is 19.6 Å². The van der Waals surface area contributed by atoms with Crippen molar-refractivity contribution in [2.45, 2.75) is 6.42 Å². The molecule has 1 saturated heterocycles. The maximum absolute atomic E-state index is 11.7. The second-order valence-electron chi connectivity index (χ2n) is 4.49. The minimum atomic E-state index is 0.160. The molecule has 1 aromatic carbocycles. The maximum atomic E-state index is 11.7. The summed E-state index contributed by atoms with van der Waals surface area (Å²) in [6.07, 6.45) is 0.770. The Morgan fingerprint density at radius 1 is 1.32 bits per heavy atom. The van der Waals surface area contributed by atoms with Gasteiger partial charge in [-0.15, -0.1) is 0 Å². The SMILES string of the molecule is COc1ccc(OC)c(CCN2CCNCC2=O)c1. The third-order valence-electron chi connectivity index (χ3n) is 3.33. The highest BCUT2D eigenvalue weighted by molar-refractivity contribution is 5.79. The highest BCUT2D eigenvalue weighted by atomic mass is 16.5. The Bertz CT molecular complexity index is 448. The van der Waals surface area contributed by atoms with Crippen LogP contribution in [0.2, 0.25) is 0 Å². The lowest BCUT2D eigenvalue weighted by molar-refractivity contribution is -0.131. The number of benzene rings is 1. The molecular weight excluding hydrogens is 244 g/mol. The maximum Gasteiger partial charge on any atom is 0.236 e. The molecule has 1 fully saturated rings. The zero-order chi connectivity index (χ0) is 13.7. The van der Waals surface area contributed by atoms with Gasteiger partial charge in [-0.1, -0.05) is 0 Å². The van der Waals surface area contributed by atoms with E-state index >= 15 is 0 Å². The van der Waals surface area contributed by atoms with E-state index in [0.29, 0.717) is 13.1 Å². The van der Waals surface area contributed by atoms with Crippen LogP contribution in [0.4, 0.5) is 0 Å². The molecule has 1 amide bonds. The fourth-order valence-electron chi connectivity index (χ4n) is 2.22. The standard InChI is InChI=1S/C14H20N2O3/c1-18-12-3-4-13(19-2)11(9-12)5-7-16-8-6-15-10-14(16)17/h3-4,9,15H,5-8,10H2,1-2H3. The number of nitrogens with zero attached hydrogens (tertiary/aromatic N) is 1. The molecule has 0 atom stereocenters. The topological polar surface area (TPSA) is 50.8 Å². The Morgan fingerprint density at radius 3 is 2.84 bits per heavy atom. The Balaban J connectivity index is 2.03. The van der Waals surface area contributed by atoms with Crippen LogP contribution in [0.3, 0.4) is 0 Å². The number of nitrogens with one attached hydrogen (secondary N) is 1. The summed E-state index contributed by atoms with van der Waals surface area (Å²) in [5.74, 6) is 1.80. The van der Waals surface area contributed by atoms with Crippen LogP contribution < -0.4 is 14.8 Å². The van der Waals surface area contributed by atoms with E-state index in [4.69, 9.17) is 9.47 Å². The molecule has 2 rings (SSSR count). The van der Waals surface area contributed by atoms with Gasteiger partial charge in [-0.05, 0) is 30.2 Å². The van der Waals surface area contributed by atoms with Gasteiger partial charge in [-0.3, -0.25) is 4.79 Å². The van der Waals surface area contributed by atoms with Crippen LogP contribution in [0.15, 0.2) is 18.2 Å². The number of ether oxygens (including phenoxy) is 2. The van der Waals surface area contributed by atoms with E-state index in [1.165, 1.54) is 0 Å². The van der Waals surface area contributed by atoms with Gasteiger partial charge in [0.2, 0.25) is 5.91 Å². The molecule has 1 aliphatic heterocycles. The van der Waals surface area contributed by atoms with E-state index in [9.17, 15) is 4.79 Å². The fraction of sp³-hybridized carbons (Fsp3) is 0.500. The fourth-order valence-corrected chi connectivity index (χ4v) is 2.22. The normalized spacial score (nSPS) is 15.5. The molecule has 0 aromatic heterocycles. The van der Waals surface area contributed by atoms with Crippen LogP contribution in [-0.2, 0) is 11.2 Å². The van der Waals surface area contributed by atoms with Gasteiger partial charge in [-0.25, -0.2) is 0 Å². The lowest BCUT2D eigenvalue weighted by Gasteiger charge is -2.27. The van der Waals surface area contributed by atoms with Gasteiger partial charge in [0.1, 0.15) is 11.5 Å². The van der Waals surface area contributed by atoms with Gasteiger partial charge >= 0.3 is 0 Å². The van der Waals surface area contributed by atoms with Gasteiger partial charge < -0.3 is 19.7 Å². The molecule has 1 N–H and O–H groups in total. The van der Waals surface area contributed by atoms with Crippen LogP contribution in [-0.4, -0.2) is 51.2 Å². The van der Waals surface area contributed by atoms with Crippen LogP contribution in [0.5, 0.6) is 11.5 Å². The minimum absolute atomic E-state index is 0.160. The predicted molar refractivity (Wildman–Crippen MR) is 72.7 cm³/mol. The van der Waals surface area contributed by atoms with E-state index in [2.05, 4.69) is 5.32 Å². The zero-order valence-electron chi connectivity index (χ0n) is 11.4. The molecule has 1 aliphatic rings. The number of carbonyl (C=O) groups excluding carboxylic acids is 1. The first-order valence-electron chi connectivity index (χ1n) is 6.44. The Morgan fingerprint density at radius 2 is 2.16 bits per heavy atom. The second kappa shape index (κ2) is 6.43. The molecule has 5 heteroatoms. The number of hydrogen-bond acceptors (Lipinski definition) is 4.